The molecule has 0 bridgehead atoms. The summed E-state index contributed by atoms with van der Waals surface area (Å²) in [4.78, 5) is 15.0. The number of sulfonamides is 1. The van der Waals surface area contributed by atoms with Gasteiger partial charge in [0.05, 0.1) is 5.69 Å². The highest BCUT2D eigenvalue weighted by Gasteiger charge is 2.28. The summed E-state index contributed by atoms with van der Waals surface area (Å²) in [5.74, 6) is -0.147. The SMILES string of the molecule is CCNc1ccncc1S(=O)(=O)NC1CNC(=O)C1. The summed E-state index contributed by atoms with van der Waals surface area (Å²) in [5, 5.41) is 5.56. The molecule has 2 heterocycles. The molecule has 1 unspecified atom stereocenters. The van der Waals surface area contributed by atoms with Crippen LogP contribution in [0.1, 0.15) is 13.3 Å². The minimum atomic E-state index is -3.69. The third-order valence-corrected chi connectivity index (χ3v) is 4.29. The Bertz CT molecular complexity index is 573. The Labute approximate surface area is 111 Å². The zero-order valence-electron chi connectivity index (χ0n) is 10.5. The lowest BCUT2D eigenvalue weighted by atomic mass is 10.3. The summed E-state index contributed by atoms with van der Waals surface area (Å²) < 4.78 is 27.0. The van der Waals surface area contributed by atoms with Gasteiger partial charge in [0.25, 0.3) is 0 Å². The van der Waals surface area contributed by atoms with E-state index in [0.717, 1.165) is 0 Å². The number of aromatic nitrogens is 1. The second-order valence-electron chi connectivity index (χ2n) is 4.23. The van der Waals surface area contributed by atoms with Crippen molar-refractivity contribution in [2.75, 3.05) is 18.4 Å². The van der Waals surface area contributed by atoms with E-state index in [9.17, 15) is 13.2 Å². The summed E-state index contributed by atoms with van der Waals surface area (Å²) in [5.41, 5.74) is 0.502. The second-order valence-corrected chi connectivity index (χ2v) is 5.91. The quantitative estimate of drug-likeness (QED) is 0.688. The Morgan fingerprint density at radius 2 is 2.32 bits per heavy atom. The summed E-state index contributed by atoms with van der Waals surface area (Å²) >= 11 is 0. The van der Waals surface area contributed by atoms with E-state index in [4.69, 9.17) is 0 Å². The van der Waals surface area contributed by atoms with Gasteiger partial charge < -0.3 is 10.6 Å². The minimum Gasteiger partial charge on any atom is -0.384 e. The Morgan fingerprint density at radius 1 is 1.53 bits per heavy atom. The third-order valence-electron chi connectivity index (χ3n) is 2.74. The van der Waals surface area contributed by atoms with Crippen molar-refractivity contribution in [3.05, 3.63) is 18.5 Å². The number of hydrogen-bond donors (Lipinski definition) is 3. The van der Waals surface area contributed by atoms with Gasteiger partial charge >= 0.3 is 0 Å². The van der Waals surface area contributed by atoms with E-state index in [1.165, 1.54) is 12.4 Å². The fourth-order valence-electron chi connectivity index (χ4n) is 1.90. The molecule has 1 amide bonds. The van der Waals surface area contributed by atoms with Crippen LogP contribution in [0.2, 0.25) is 0 Å². The van der Waals surface area contributed by atoms with Crippen LogP contribution >= 0.6 is 0 Å². The second kappa shape index (κ2) is 5.54. The molecule has 1 fully saturated rings. The first kappa shape index (κ1) is 13.8. The van der Waals surface area contributed by atoms with Gasteiger partial charge in [-0.3, -0.25) is 9.78 Å². The van der Waals surface area contributed by atoms with Crippen molar-refractivity contribution in [2.24, 2.45) is 0 Å². The molecular formula is C11H16N4O3S. The van der Waals surface area contributed by atoms with Gasteiger partial charge in [-0.1, -0.05) is 0 Å². The van der Waals surface area contributed by atoms with E-state index in [1.54, 1.807) is 6.07 Å². The van der Waals surface area contributed by atoms with Crippen LogP contribution in [-0.2, 0) is 14.8 Å². The zero-order chi connectivity index (χ0) is 13.9. The monoisotopic (exact) mass is 284 g/mol. The van der Waals surface area contributed by atoms with E-state index in [1.807, 2.05) is 6.92 Å². The molecule has 104 valence electrons. The Kier molecular flexibility index (Phi) is 4.01. The molecule has 7 nitrogen and oxygen atoms in total. The number of amides is 1. The molecule has 2 rings (SSSR count). The number of nitrogens with one attached hydrogen (secondary N) is 3. The molecule has 1 aromatic rings. The van der Waals surface area contributed by atoms with Crippen molar-refractivity contribution in [3.63, 3.8) is 0 Å². The molecule has 1 aromatic heterocycles. The number of rotatable bonds is 5. The van der Waals surface area contributed by atoms with Crippen molar-refractivity contribution in [1.29, 1.82) is 0 Å². The average molecular weight is 284 g/mol. The Hall–Kier alpha value is -1.67. The smallest absolute Gasteiger partial charge is 0.244 e. The van der Waals surface area contributed by atoms with Gasteiger partial charge in [-0.15, -0.1) is 0 Å². The van der Waals surface area contributed by atoms with Crippen LogP contribution in [0.4, 0.5) is 5.69 Å². The highest BCUT2D eigenvalue weighted by Crippen LogP contribution is 2.20. The Balaban J connectivity index is 2.21. The molecule has 0 radical (unpaired) electrons. The van der Waals surface area contributed by atoms with Crippen molar-refractivity contribution in [3.8, 4) is 0 Å². The zero-order valence-corrected chi connectivity index (χ0v) is 11.3. The van der Waals surface area contributed by atoms with Crippen molar-refractivity contribution < 1.29 is 13.2 Å². The molecule has 0 aliphatic carbocycles. The highest BCUT2D eigenvalue weighted by molar-refractivity contribution is 7.89. The normalized spacial score (nSPS) is 19.2. The standard InChI is InChI=1S/C11H16N4O3S/c1-2-13-9-3-4-12-7-10(9)19(17,18)15-8-5-11(16)14-6-8/h3-4,7-8,15H,2,5-6H2,1H3,(H,12,13)(H,14,16). The average Bonchev–Trinajstić information content (AvgIpc) is 2.75. The van der Waals surface area contributed by atoms with Crippen LogP contribution < -0.4 is 15.4 Å². The molecule has 19 heavy (non-hydrogen) atoms. The lowest BCUT2D eigenvalue weighted by Gasteiger charge is -2.14. The van der Waals surface area contributed by atoms with Crippen LogP contribution in [0.5, 0.6) is 0 Å². The lowest BCUT2D eigenvalue weighted by molar-refractivity contribution is -0.119. The van der Waals surface area contributed by atoms with Crippen molar-refractivity contribution in [1.82, 2.24) is 15.0 Å². The summed E-state index contributed by atoms with van der Waals surface area (Å²) in [6, 6.07) is 1.20. The number of nitrogens with zero attached hydrogens (tertiary/aromatic N) is 1. The van der Waals surface area contributed by atoms with Gasteiger partial charge in [-0.05, 0) is 13.0 Å². The van der Waals surface area contributed by atoms with Gasteiger partial charge in [-0.25, -0.2) is 13.1 Å². The van der Waals surface area contributed by atoms with Crippen LogP contribution in [0.3, 0.4) is 0 Å². The minimum absolute atomic E-state index is 0.0937. The number of carbonyl (C=O) groups is 1. The molecule has 0 spiro atoms. The molecule has 1 aliphatic heterocycles. The Morgan fingerprint density at radius 3 is 2.95 bits per heavy atom. The number of pyridine rings is 1. The maximum absolute atomic E-state index is 12.3. The van der Waals surface area contributed by atoms with Gasteiger partial charge in [0, 0.05) is 37.9 Å². The lowest BCUT2D eigenvalue weighted by Crippen LogP contribution is -2.36. The maximum Gasteiger partial charge on any atom is 0.244 e. The van der Waals surface area contributed by atoms with E-state index < -0.39 is 16.1 Å². The van der Waals surface area contributed by atoms with Crippen molar-refractivity contribution >= 4 is 21.6 Å². The third kappa shape index (κ3) is 3.21. The first-order chi connectivity index (χ1) is 9.03. The summed E-state index contributed by atoms with van der Waals surface area (Å²) in [6.45, 7) is 2.80. The molecule has 1 aliphatic rings. The largest absolute Gasteiger partial charge is 0.384 e. The predicted octanol–water partition coefficient (Wildman–Crippen LogP) is -0.320. The first-order valence-corrected chi connectivity index (χ1v) is 7.48. The molecular weight excluding hydrogens is 268 g/mol. The summed E-state index contributed by atoms with van der Waals surface area (Å²) in [6.07, 6.45) is 2.98. The highest BCUT2D eigenvalue weighted by atomic mass is 32.2. The number of anilines is 1. The van der Waals surface area contributed by atoms with E-state index >= 15 is 0 Å². The fourth-order valence-corrected chi connectivity index (χ4v) is 3.26. The van der Waals surface area contributed by atoms with Gasteiger partial charge in [0.15, 0.2) is 0 Å². The number of hydrogen-bond acceptors (Lipinski definition) is 5. The van der Waals surface area contributed by atoms with Crippen LogP contribution in [-0.4, -0.2) is 38.4 Å². The topological polar surface area (TPSA) is 100 Å². The maximum atomic E-state index is 12.3. The molecule has 8 heteroatoms. The molecule has 1 atom stereocenters. The van der Waals surface area contributed by atoms with Crippen LogP contribution in [0.15, 0.2) is 23.4 Å². The summed E-state index contributed by atoms with van der Waals surface area (Å²) in [7, 11) is -3.69. The van der Waals surface area contributed by atoms with Crippen LogP contribution in [0, 0.1) is 0 Å². The van der Waals surface area contributed by atoms with Crippen molar-refractivity contribution in [2.45, 2.75) is 24.3 Å². The molecule has 3 N–H and O–H groups in total. The molecule has 0 aromatic carbocycles. The predicted molar refractivity (Wildman–Crippen MR) is 70.1 cm³/mol. The van der Waals surface area contributed by atoms with Gasteiger partial charge in [0.1, 0.15) is 4.90 Å². The molecule has 1 saturated heterocycles. The van der Waals surface area contributed by atoms with Gasteiger partial charge in [-0.2, -0.15) is 0 Å². The first-order valence-electron chi connectivity index (χ1n) is 6.00. The van der Waals surface area contributed by atoms with Gasteiger partial charge in [0.2, 0.25) is 15.9 Å². The molecule has 0 saturated carbocycles. The van der Waals surface area contributed by atoms with E-state index in [2.05, 4.69) is 20.3 Å². The fraction of sp³-hybridized carbons (Fsp3) is 0.455. The van der Waals surface area contributed by atoms with Crippen LogP contribution in [0.25, 0.3) is 0 Å². The van der Waals surface area contributed by atoms with E-state index in [0.29, 0.717) is 18.8 Å². The van der Waals surface area contributed by atoms with E-state index in [-0.39, 0.29) is 17.2 Å². The number of carbonyl (C=O) groups excluding carboxylic acids is 1.